The van der Waals surface area contributed by atoms with Gasteiger partial charge >= 0.3 is 12.1 Å². The lowest BCUT2D eigenvalue weighted by Gasteiger charge is -2.31. The van der Waals surface area contributed by atoms with Gasteiger partial charge in [-0.2, -0.15) is 0 Å². The first-order chi connectivity index (χ1) is 13.3. The van der Waals surface area contributed by atoms with E-state index >= 15 is 0 Å². The molecule has 1 saturated heterocycles. The number of hydrogen-bond donors (Lipinski definition) is 3. The molecule has 1 aliphatic heterocycles. The molecule has 8 nitrogen and oxygen atoms in total. The number of urea groups is 1. The standard InChI is InChI=1S/C20H30N4O4/c1-5-28-20(27)24-8-6-16(7-9-24)22-19(26)21-12-17(25)23-18-14(3)10-13(2)11-15(18)4/h10-11,16H,5-9,12H2,1-4H3,(H,23,25)(H2,21,22,26). The molecule has 1 fully saturated rings. The van der Waals surface area contributed by atoms with E-state index in [9.17, 15) is 14.4 Å². The SMILES string of the molecule is CCOC(=O)N1CCC(NC(=O)NCC(=O)Nc2c(C)cc(C)cc2C)CC1. The van der Waals surface area contributed by atoms with E-state index in [0.717, 1.165) is 22.4 Å². The number of rotatable bonds is 5. The molecular weight excluding hydrogens is 360 g/mol. The third kappa shape index (κ3) is 6.14. The van der Waals surface area contributed by atoms with Crippen molar-refractivity contribution in [3.63, 3.8) is 0 Å². The van der Waals surface area contributed by atoms with Crippen LogP contribution in [-0.2, 0) is 9.53 Å². The van der Waals surface area contributed by atoms with Crippen molar-refractivity contribution in [2.75, 3.05) is 31.6 Å². The van der Waals surface area contributed by atoms with Crippen LogP contribution in [0.5, 0.6) is 0 Å². The van der Waals surface area contributed by atoms with Gasteiger partial charge in [-0.05, 0) is 51.7 Å². The van der Waals surface area contributed by atoms with Crippen LogP contribution in [0.1, 0.15) is 36.5 Å². The second-order valence-electron chi connectivity index (χ2n) is 7.11. The molecule has 1 aliphatic rings. The van der Waals surface area contributed by atoms with Crippen LogP contribution >= 0.6 is 0 Å². The monoisotopic (exact) mass is 390 g/mol. The summed E-state index contributed by atoms with van der Waals surface area (Å²) in [5, 5.41) is 8.29. The molecule has 0 bridgehead atoms. The second kappa shape index (κ2) is 9.96. The van der Waals surface area contributed by atoms with Crippen molar-refractivity contribution in [3.05, 3.63) is 28.8 Å². The third-order valence-electron chi connectivity index (χ3n) is 4.71. The van der Waals surface area contributed by atoms with Crippen molar-refractivity contribution < 1.29 is 19.1 Å². The maximum Gasteiger partial charge on any atom is 0.409 e. The summed E-state index contributed by atoms with van der Waals surface area (Å²) in [6.45, 7) is 8.98. The molecule has 2 rings (SSSR count). The fraction of sp³-hybridized carbons (Fsp3) is 0.550. The Bertz CT molecular complexity index is 704. The van der Waals surface area contributed by atoms with Gasteiger partial charge in [-0.15, -0.1) is 0 Å². The highest BCUT2D eigenvalue weighted by atomic mass is 16.6. The summed E-state index contributed by atoms with van der Waals surface area (Å²) in [5.41, 5.74) is 3.90. The molecule has 8 heteroatoms. The fourth-order valence-electron chi connectivity index (χ4n) is 3.38. The molecular formula is C20H30N4O4. The smallest absolute Gasteiger partial charge is 0.409 e. The van der Waals surface area contributed by atoms with Crippen molar-refractivity contribution in [2.24, 2.45) is 0 Å². The summed E-state index contributed by atoms with van der Waals surface area (Å²) >= 11 is 0. The van der Waals surface area contributed by atoms with E-state index in [0.29, 0.717) is 32.5 Å². The maximum absolute atomic E-state index is 12.2. The van der Waals surface area contributed by atoms with Gasteiger partial charge in [-0.25, -0.2) is 9.59 Å². The van der Waals surface area contributed by atoms with Gasteiger partial charge in [0.05, 0.1) is 13.2 Å². The van der Waals surface area contributed by atoms with E-state index in [-0.39, 0.29) is 30.6 Å². The minimum absolute atomic E-state index is 0.0321. The van der Waals surface area contributed by atoms with E-state index in [1.807, 2.05) is 32.9 Å². The van der Waals surface area contributed by atoms with Gasteiger partial charge in [-0.3, -0.25) is 4.79 Å². The minimum atomic E-state index is -0.387. The second-order valence-corrected chi connectivity index (χ2v) is 7.11. The molecule has 0 atom stereocenters. The number of benzene rings is 1. The molecule has 0 spiro atoms. The van der Waals surface area contributed by atoms with Gasteiger partial charge in [0.25, 0.3) is 0 Å². The van der Waals surface area contributed by atoms with E-state index in [1.54, 1.807) is 11.8 Å². The van der Waals surface area contributed by atoms with Crippen molar-refractivity contribution in [1.29, 1.82) is 0 Å². The number of carbonyl (C=O) groups excluding carboxylic acids is 3. The Hall–Kier alpha value is -2.77. The molecule has 4 amide bonds. The number of anilines is 1. The number of aryl methyl sites for hydroxylation is 3. The summed E-state index contributed by atoms with van der Waals surface area (Å²) in [7, 11) is 0. The first-order valence-electron chi connectivity index (χ1n) is 9.64. The van der Waals surface area contributed by atoms with Gasteiger partial charge in [0.2, 0.25) is 5.91 Å². The van der Waals surface area contributed by atoms with Crippen LogP contribution in [0, 0.1) is 20.8 Å². The van der Waals surface area contributed by atoms with Crippen LogP contribution in [0.2, 0.25) is 0 Å². The number of piperidine rings is 1. The molecule has 0 saturated carbocycles. The van der Waals surface area contributed by atoms with Crippen LogP contribution in [0.15, 0.2) is 12.1 Å². The molecule has 0 radical (unpaired) electrons. The summed E-state index contributed by atoms with van der Waals surface area (Å²) in [6, 6.07) is 3.59. The van der Waals surface area contributed by atoms with E-state index < -0.39 is 0 Å². The van der Waals surface area contributed by atoms with Crippen molar-refractivity contribution >= 4 is 23.7 Å². The normalized spacial score (nSPS) is 14.4. The minimum Gasteiger partial charge on any atom is -0.450 e. The molecule has 0 aliphatic carbocycles. The average Bonchev–Trinajstić information content (AvgIpc) is 2.64. The van der Waals surface area contributed by atoms with E-state index in [4.69, 9.17) is 4.74 Å². The molecule has 1 aromatic carbocycles. The lowest BCUT2D eigenvalue weighted by atomic mass is 10.1. The number of ether oxygens (including phenoxy) is 1. The van der Waals surface area contributed by atoms with Gasteiger partial charge in [0.15, 0.2) is 0 Å². The Labute approximate surface area is 166 Å². The highest BCUT2D eigenvalue weighted by molar-refractivity contribution is 5.95. The van der Waals surface area contributed by atoms with Gasteiger partial charge in [0, 0.05) is 24.8 Å². The Morgan fingerprint density at radius 3 is 2.29 bits per heavy atom. The number of hydrogen-bond acceptors (Lipinski definition) is 4. The number of nitrogens with zero attached hydrogens (tertiary/aromatic N) is 1. The van der Waals surface area contributed by atoms with Crippen molar-refractivity contribution in [1.82, 2.24) is 15.5 Å². The van der Waals surface area contributed by atoms with Gasteiger partial charge in [0.1, 0.15) is 0 Å². The first kappa shape index (κ1) is 21.5. The van der Waals surface area contributed by atoms with Crippen LogP contribution in [0.3, 0.4) is 0 Å². The lowest BCUT2D eigenvalue weighted by Crippen LogP contribution is -2.50. The highest BCUT2D eigenvalue weighted by Crippen LogP contribution is 2.21. The Balaban J connectivity index is 1.73. The number of likely N-dealkylation sites (tertiary alicyclic amines) is 1. The molecule has 1 heterocycles. The van der Waals surface area contributed by atoms with Crippen LogP contribution in [-0.4, -0.2) is 55.2 Å². The molecule has 0 aromatic heterocycles. The van der Waals surface area contributed by atoms with Crippen LogP contribution in [0.4, 0.5) is 15.3 Å². The van der Waals surface area contributed by atoms with Crippen molar-refractivity contribution in [3.8, 4) is 0 Å². The molecule has 154 valence electrons. The molecule has 28 heavy (non-hydrogen) atoms. The lowest BCUT2D eigenvalue weighted by molar-refractivity contribution is -0.115. The predicted octanol–water partition coefficient (Wildman–Crippen LogP) is 2.47. The van der Waals surface area contributed by atoms with Gasteiger partial charge in [-0.1, -0.05) is 17.7 Å². The first-order valence-corrected chi connectivity index (χ1v) is 9.64. The number of nitrogens with one attached hydrogen (secondary N) is 3. The van der Waals surface area contributed by atoms with E-state index in [1.165, 1.54) is 0 Å². The van der Waals surface area contributed by atoms with Crippen LogP contribution < -0.4 is 16.0 Å². The Morgan fingerprint density at radius 1 is 1.11 bits per heavy atom. The quantitative estimate of drug-likeness (QED) is 0.719. The summed E-state index contributed by atoms with van der Waals surface area (Å²) in [4.78, 5) is 37.5. The highest BCUT2D eigenvalue weighted by Gasteiger charge is 2.24. The zero-order valence-electron chi connectivity index (χ0n) is 17.1. The zero-order valence-corrected chi connectivity index (χ0v) is 17.1. The van der Waals surface area contributed by atoms with Crippen LogP contribution in [0.25, 0.3) is 0 Å². The van der Waals surface area contributed by atoms with Crippen molar-refractivity contribution in [2.45, 2.75) is 46.6 Å². The summed E-state index contributed by atoms with van der Waals surface area (Å²) in [5.74, 6) is -0.276. The fourth-order valence-corrected chi connectivity index (χ4v) is 3.38. The third-order valence-corrected chi connectivity index (χ3v) is 4.71. The average molecular weight is 390 g/mol. The largest absolute Gasteiger partial charge is 0.450 e. The van der Waals surface area contributed by atoms with Gasteiger partial charge < -0.3 is 25.6 Å². The van der Waals surface area contributed by atoms with E-state index in [2.05, 4.69) is 16.0 Å². The summed E-state index contributed by atoms with van der Waals surface area (Å²) < 4.78 is 4.98. The number of carbonyl (C=O) groups is 3. The predicted molar refractivity (Wildman–Crippen MR) is 107 cm³/mol. The molecule has 0 unspecified atom stereocenters. The maximum atomic E-state index is 12.2. The molecule has 3 N–H and O–H groups in total. The topological polar surface area (TPSA) is 99.8 Å². The summed E-state index contributed by atoms with van der Waals surface area (Å²) in [6.07, 6.45) is 0.990. The Kier molecular flexibility index (Phi) is 7.66. The Morgan fingerprint density at radius 2 is 1.71 bits per heavy atom. The number of amides is 4. The molecule has 1 aromatic rings. The zero-order chi connectivity index (χ0) is 20.7.